The number of ether oxygens (including phenoxy) is 1. The molecule has 1 unspecified atom stereocenters. The number of carbonyl (C=O) groups is 1. The second-order valence-electron chi connectivity index (χ2n) is 8.31. The van der Waals surface area contributed by atoms with Crippen molar-refractivity contribution in [2.75, 3.05) is 13.1 Å². The van der Waals surface area contributed by atoms with Gasteiger partial charge in [0.25, 0.3) is 5.91 Å². The number of benzene rings is 1. The molecule has 0 saturated carbocycles. The van der Waals surface area contributed by atoms with Crippen LogP contribution in [0.4, 0.5) is 0 Å². The number of amides is 1. The van der Waals surface area contributed by atoms with E-state index in [2.05, 4.69) is 10.2 Å². The van der Waals surface area contributed by atoms with E-state index in [0.29, 0.717) is 35.3 Å². The normalized spacial score (nSPS) is 28.3. The van der Waals surface area contributed by atoms with Gasteiger partial charge in [-0.1, -0.05) is 6.92 Å². The smallest absolute Gasteiger partial charge is 0.336 e. The Morgan fingerprint density at radius 1 is 1.24 bits per heavy atom. The number of carbonyl (C=O) groups excluding carboxylic acids is 1. The highest BCUT2D eigenvalue weighted by molar-refractivity contribution is 5.85. The summed E-state index contributed by atoms with van der Waals surface area (Å²) in [6, 6.07) is 7.71. The average molecular weight is 419 g/mol. The Morgan fingerprint density at radius 3 is 2.59 bits per heavy atom. The van der Waals surface area contributed by atoms with Gasteiger partial charge in [0, 0.05) is 42.7 Å². The van der Waals surface area contributed by atoms with Gasteiger partial charge in [0.15, 0.2) is 6.10 Å². The quantitative estimate of drug-likeness (QED) is 0.773. The molecule has 2 bridgehead atoms. The summed E-state index contributed by atoms with van der Waals surface area (Å²) in [7, 11) is 0. The van der Waals surface area contributed by atoms with Crippen molar-refractivity contribution >= 4 is 29.3 Å². The van der Waals surface area contributed by atoms with Gasteiger partial charge in [-0.25, -0.2) is 4.79 Å². The van der Waals surface area contributed by atoms with Crippen LogP contribution < -0.4 is 15.7 Å². The first-order chi connectivity index (χ1) is 13.6. The van der Waals surface area contributed by atoms with E-state index in [-0.39, 0.29) is 23.9 Å². The highest BCUT2D eigenvalue weighted by Crippen LogP contribution is 2.47. The number of rotatable bonds is 4. The van der Waals surface area contributed by atoms with Crippen LogP contribution in [0, 0.1) is 11.8 Å². The predicted molar refractivity (Wildman–Crippen MR) is 113 cm³/mol. The molecular weight excluding hydrogens is 392 g/mol. The molecule has 6 nitrogen and oxygen atoms in total. The van der Waals surface area contributed by atoms with Crippen molar-refractivity contribution < 1.29 is 13.9 Å². The van der Waals surface area contributed by atoms with Crippen molar-refractivity contribution in [3.8, 4) is 5.75 Å². The molecule has 1 amide bonds. The average Bonchev–Trinajstić information content (AvgIpc) is 3.38. The molecule has 5 rings (SSSR count). The minimum absolute atomic E-state index is 0. The Hall–Kier alpha value is -2.05. The lowest BCUT2D eigenvalue weighted by Gasteiger charge is -2.28. The molecule has 29 heavy (non-hydrogen) atoms. The van der Waals surface area contributed by atoms with Crippen LogP contribution in [-0.2, 0) is 11.2 Å². The third-order valence-corrected chi connectivity index (χ3v) is 6.87. The predicted octanol–water partition coefficient (Wildman–Crippen LogP) is 2.75. The number of nitrogens with zero attached hydrogens (tertiary/aromatic N) is 1. The van der Waals surface area contributed by atoms with Gasteiger partial charge in [-0.2, -0.15) is 0 Å². The molecule has 2 aromatic rings. The molecule has 3 aliphatic heterocycles. The Morgan fingerprint density at radius 2 is 1.93 bits per heavy atom. The molecule has 1 aromatic carbocycles. The molecule has 5 atom stereocenters. The second-order valence-corrected chi connectivity index (χ2v) is 8.31. The maximum Gasteiger partial charge on any atom is 0.336 e. The van der Waals surface area contributed by atoms with Crippen LogP contribution in [0.15, 0.2) is 33.5 Å². The third-order valence-electron chi connectivity index (χ3n) is 6.87. The summed E-state index contributed by atoms with van der Waals surface area (Å²) < 4.78 is 11.3. The van der Waals surface area contributed by atoms with Crippen LogP contribution in [0.3, 0.4) is 0 Å². The number of hydrogen-bond acceptors (Lipinski definition) is 5. The van der Waals surface area contributed by atoms with Gasteiger partial charge < -0.3 is 19.4 Å². The zero-order chi connectivity index (χ0) is 19.4. The highest BCUT2D eigenvalue weighted by atomic mass is 35.5. The fraction of sp³-hybridized carbons (Fsp3) is 0.545. The van der Waals surface area contributed by atoms with Crippen LogP contribution in [0.1, 0.15) is 32.3 Å². The van der Waals surface area contributed by atoms with Gasteiger partial charge in [-0.05, 0) is 55.7 Å². The van der Waals surface area contributed by atoms with Crippen molar-refractivity contribution in [3.05, 3.63) is 40.2 Å². The van der Waals surface area contributed by atoms with Gasteiger partial charge in [0.05, 0.1) is 0 Å². The maximum absolute atomic E-state index is 13.2. The van der Waals surface area contributed by atoms with Gasteiger partial charge in [-0.3, -0.25) is 4.79 Å². The van der Waals surface area contributed by atoms with Crippen LogP contribution in [0.5, 0.6) is 5.75 Å². The van der Waals surface area contributed by atoms with E-state index in [1.807, 2.05) is 26.0 Å². The van der Waals surface area contributed by atoms with Crippen molar-refractivity contribution in [3.63, 3.8) is 0 Å². The fourth-order valence-corrected chi connectivity index (χ4v) is 5.64. The van der Waals surface area contributed by atoms with Crippen molar-refractivity contribution in [1.82, 2.24) is 10.2 Å². The summed E-state index contributed by atoms with van der Waals surface area (Å²) in [4.78, 5) is 27.1. The molecule has 0 spiro atoms. The molecule has 1 N–H and O–H groups in total. The number of halogens is 1. The fourth-order valence-electron chi connectivity index (χ4n) is 5.64. The number of nitrogens with one attached hydrogen (secondary N) is 1. The largest absolute Gasteiger partial charge is 0.481 e. The summed E-state index contributed by atoms with van der Waals surface area (Å²) in [6.07, 6.45) is 2.40. The topological polar surface area (TPSA) is 71.8 Å². The highest BCUT2D eigenvalue weighted by Gasteiger charge is 2.56. The molecule has 3 saturated heterocycles. The zero-order valence-corrected chi connectivity index (χ0v) is 17.5. The minimum Gasteiger partial charge on any atom is -0.481 e. The summed E-state index contributed by atoms with van der Waals surface area (Å²) in [6.45, 7) is 5.87. The lowest BCUT2D eigenvalue weighted by atomic mass is 9.82. The van der Waals surface area contributed by atoms with E-state index in [1.165, 1.54) is 6.07 Å². The SMILES string of the molecule is CCc1cc(=O)oc2cc(OC(C)C(=O)N3[C@@H]4CC[C@H]3[C@H]3CNC[C@H]34)ccc12.Cl. The van der Waals surface area contributed by atoms with Crippen LogP contribution in [0.25, 0.3) is 11.0 Å². The summed E-state index contributed by atoms with van der Waals surface area (Å²) >= 11 is 0. The zero-order valence-electron chi connectivity index (χ0n) is 16.7. The van der Waals surface area contributed by atoms with Crippen molar-refractivity contribution in [2.24, 2.45) is 11.8 Å². The monoisotopic (exact) mass is 418 g/mol. The molecule has 0 aliphatic carbocycles. The van der Waals surface area contributed by atoms with Crippen LogP contribution in [-0.4, -0.2) is 42.1 Å². The Labute approximate surface area is 176 Å². The molecule has 1 aromatic heterocycles. The molecule has 7 heteroatoms. The maximum atomic E-state index is 13.2. The Bertz CT molecular complexity index is 972. The number of hydrogen-bond donors (Lipinski definition) is 1. The number of aryl methyl sites for hydroxylation is 1. The molecule has 3 aliphatic rings. The first kappa shape index (κ1) is 20.2. The van der Waals surface area contributed by atoms with E-state index >= 15 is 0 Å². The number of fused-ring (bicyclic) bond motifs is 6. The van der Waals surface area contributed by atoms with Gasteiger partial charge >= 0.3 is 5.63 Å². The van der Waals surface area contributed by atoms with Crippen molar-refractivity contribution in [2.45, 2.75) is 51.3 Å². The third kappa shape index (κ3) is 3.22. The van der Waals surface area contributed by atoms with Crippen LogP contribution >= 0.6 is 12.4 Å². The van der Waals surface area contributed by atoms with Crippen molar-refractivity contribution in [1.29, 1.82) is 0 Å². The van der Waals surface area contributed by atoms with E-state index in [9.17, 15) is 9.59 Å². The minimum atomic E-state index is -0.562. The van der Waals surface area contributed by atoms with E-state index < -0.39 is 6.10 Å². The molecule has 4 heterocycles. The van der Waals surface area contributed by atoms with Crippen LogP contribution in [0.2, 0.25) is 0 Å². The Kier molecular flexibility index (Phi) is 5.34. The first-order valence-electron chi connectivity index (χ1n) is 10.3. The van der Waals surface area contributed by atoms with Gasteiger partial charge in [0.2, 0.25) is 0 Å². The molecular formula is C22H27ClN2O4. The molecule has 156 valence electrons. The molecule has 0 radical (unpaired) electrons. The lowest BCUT2D eigenvalue weighted by molar-refractivity contribution is -0.139. The van der Waals surface area contributed by atoms with E-state index in [0.717, 1.165) is 43.3 Å². The standard InChI is InChI=1S/C22H26N2O4.ClH/c1-3-13-8-21(25)28-20-9-14(4-5-15(13)20)27-12(2)22(26)24-18-6-7-19(24)17-11-23-10-16(17)18;/h4-5,8-9,12,16-19,23H,3,6-7,10-11H2,1-2H3;1H/t12?,16-,17+,18-,19+;. The van der Waals surface area contributed by atoms with E-state index in [4.69, 9.17) is 9.15 Å². The summed E-state index contributed by atoms with van der Waals surface area (Å²) in [5.74, 6) is 1.82. The Balaban J connectivity index is 0.00000205. The first-order valence-corrected chi connectivity index (χ1v) is 10.3. The summed E-state index contributed by atoms with van der Waals surface area (Å²) in [5, 5.41) is 4.39. The van der Waals surface area contributed by atoms with E-state index in [1.54, 1.807) is 6.07 Å². The van der Waals surface area contributed by atoms with Gasteiger partial charge in [0.1, 0.15) is 11.3 Å². The lowest BCUT2D eigenvalue weighted by Crippen LogP contribution is -2.45. The van der Waals surface area contributed by atoms with Gasteiger partial charge in [-0.15, -0.1) is 12.4 Å². The second kappa shape index (κ2) is 7.65. The summed E-state index contributed by atoms with van der Waals surface area (Å²) in [5.41, 5.74) is 1.10. The molecule has 3 fully saturated rings.